The van der Waals surface area contributed by atoms with E-state index < -0.39 is 10.3 Å². The molecule has 0 radical (unpaired) electrons. The molecule has 5 nitrogen and oxygen atoms in total. The molecule has 0 fully saturated rings. The van der Waals surface area contributed by atoms with E-state index >= 15 is 0 Å². The van der Waals surface area contributed by atoms with Gasteiger partial charge in [-0.15, -0.1) is 5.10 Å². The lowest BCUT2D eigenvalue weighted by molar-refractivity contribution is 0.344. The lowest BCUT2D eigenvalue weighted by Crippen LogP contribution is -2.22. The van der Waals surface area contributed by atoms with Gasteiger partial charge in [-0.25, -0.2) is 0 Å². The van der Waals surface area contributed by atoms with Crippen LogP contribution in [0.4, 0.5) is 0 Å². The van der Waals surface area contributed by atoms with Crippen LogP contribution in [0.5, 0.6) is 0 Å². The maximum absolute atomic E-state index is 11.1. The van der Waals surface area contributed by atoms with Gasteiger partial charge in [0.15, 0.2) is 0 Å². The summed E-state index contributed by atoms with van der Waals surface area (Å²) in [6.07, 6.45) is 12.5. The largest absolute Gasteiger partial charge is 0.424 e. The van der Waals surface area contributed by atoms with Crippen LogP contribution in [0.2, 0.25) is 0 Å². The molecule has 6 heteroatoms. The average molecular weight is 393 g/mol. The molecule has 1 unspecified atom stereocenters. The standard InChI is InChI=1S/C21H32N2O3S/c1-15(13-20-22-23-27(24,25)26-20)9-7-10-16(2)18(4)14-19-17(3)11-8-12-21(19,5)6/h7,9-10,13,18,23H,8,11-12,14H2,1-6H3/b9-7+,15-13+,16-10+. The second kappa shape index (κ2) is 8.46. The zero-order valence-electron chi connectivity index (χ0n) is 17.3. The van der Waals surface area contributed by atoms with E-state index in [0.717, 1.165) is 12.0 Å². The van der Waals surface area contributed by atoms with Gasteiger partial charge in [-0.1, -0.05) is 55.7 Å². The molecule has 1 heterocycles. The molecular weight excluding hydrogens is 360 g/mol. The minimum atomic E-state index is -3.75. The van der Waals surface area contributed by atoms with Gasteiger partial charge < -0.3 is 4.18 Å². The Bertz CT molecular complexity index is 827. The van der Waals surface area contributed by atoms with Gasteiger partial charge in [-0.3, -0.25) is 0 Å². The Balaban J connectivity index is 1.99. The van der Waals surface area contributed by atoms with E-state index in [2.05, 4.69) is 50.0 Å². The Hall–Kier alpha value is -1.82. The lowest BCUT2D eigenvalue weighted by Gasteiger charge is -2.36. The van der Waals surface area contributed by atoms with Crippen molar-refractivity contribution in [3.63, 3.8) is 0 Å². The zero-order valence-corrected chi connectivity index (χ0v) is 18.1. The van der Waals surface area contributed by atoms with E-state index in [9.17, 15) is 8.42 Å². The second-order valence-corrected chi connectivity index (χ2v) is 9.60. The van der Waals surface area contributed by atoms with E-state index in [1.165, 1.54) is 24.8 Å². The molecule has 1 atom stereocenters. The maximum Gasteiger partial charge on any atom is 0.424 e. The summed E-state index contributed by atoms with van der Waals surface area (Å²) in [5.74, 6) is 0.534. The van der Waals surface area contributed by atoms with Gasteiger partial charge in [0, 0.05) is 6.08 Å². The number of nitrogens with one attached hydrogen (secondary N) is 1. The van der Waals surface area contributed by atoms with Gasteiger partial charge >= 0.3 is 10.3 Å². The molecule has 0 bridgehead atoms. The number of hydrogen-bond donors (Lipinski definition) is 1. The van der Waals surface area contributed by atoms with Gasteiger partial charge in [0.25, 0.3) is 5.90 Å². The molecule has 0 spiro atoms. The second-order valence-electron chi connectivity index (χ2n) is 8.34. The summed E-state index contributed by atoms with van der Waals surface area (Å²) in [6.45, 7) is 13.4. The van der Waals surface area contributed by atoms with Crippen molar-refractivity contribution >= 4 is 16.2 Å². The van der Waals surface area contributed by atoms with Crippen molar-refractivity contribution in [3.05, 3.63) is 46.6 Å². The van der Waals surface area contributed by atoms with Crippen LogP contribution < -0.4 is 4.83 Å². The molecule has 0 amide bonds. The summed E-state index contributed by atoms with van der Waals surface area (Å²) in [7, 11) is -3.75. The van der Waals surface area contributed by atoms with E-state index in [1.807, 2.05) is 23.9 Å². The van der Waals surface area contributed by atoms with E-state index in [4.69, 9.17) is 0 Å². The summed E-state index contributed by atoms with van der Waals surface area (Å²) in [6, 6.07) is 0. The Labute approximate surface area is 164 Å². The summed E-state index contributed by atoms with van der Waals surface area (Å²) in [5.41, 5.74) is 5.69. The molecule has 27 heavy (non-hydrogen) atoms. The molecule has 0 saturated heterocycles. The molecule has 0 saturated carbocycles. The van der Waals surface area contributed by atoms with E-state index in [-0.39, 0.29) is 5.90 Å². The Morgan fingerprint density at radius 1 is 1.37 bits per heavy atom. The fraction of sp³-hybridized carbons (Fsp3) is 0.571. The number of nitrogens with zero attached hydrogens (tertiary/aromatic N) is 1. The lowest BCUT2D eigenvalue weighted by atomic mass is 9.69. The average Bonchev–Trinajstić information content (AvgIpc) is 2.89. The van der Waals surface area contributed by atoms with E-state index in [0.29, 0.717) is 11.3 Å². The van der Waals surface area contributed by atoms with Crippen molar-refractivity contribution in [2.24, 2.45) is 16.4 Å². The minimum Gasteiger partial charge on any atom is -0.344 e. The Morgan fingerprint density at radius 3 is 2.67 bits per heavy atom. The first kappa shape index (κ1) is 21.5. The molecule has 1 aliphatic heterocycles. The third-order valence-corrected chi connectivity index (χ3v) is 6.21. The van der Waals surface area contributed by atoms with Crippen molar-refractivity contribution < 1.29 is 12.6 Å². The maximum atomic E-state index is 11.1. The topological polar surface area (TPSA) is 67.8 Å². The van der Waals surface area contributed by atoms with Gasteiger partial charge in [-0.2, -0.15) is 13.2 Å². The SMILES string of the molecule is CC1=C(CC(C)/C(C)=C/C=C/C(C)=C/C2=NNS(=O)(=O)O2)C(C)(C)CCC1. The van der Waals surface area contributed by atoms with Crippen LogP contribution in [0, 0.1) is 11.3 Å². The van der Waals surface area contributed by atoms with Gasteiger partial charge in [-0.05, 0) is 63.4 Å². The highest BCUT2D eigenvalue weighted by atomic mass is 32.2. The third kappa shape index (κ3) is 6.09. The fourth-order valence-electron chi connectivity index (χ4n) is 3.66. The minimum absolute atomic E-state index is 0.0492. The summed E-state index contributed by atoms with van der Waals surface area (Å²) < 4.78 is 26.9. The van der Waals surface area contributed by atoms with Gasteiger partial charge in [0.2, 0.25) is 0 Å². The van der Waals surface area contributed by atoms with Crippen molar-refractivity contribution in [3.8, 4) is 0 Å². The zero-order chi connectivity index (χ0) is 20.2. The van der Waals surface area contributed by atoms with Crippen molar-refractivity contribution in [1.29, 1.82) is 0 Å². The normalized spacial score (nSPS) is 23.9. The first-order valence-electron chi connectivity index (χ1n) is 9.51. The number of allylic oxidation sites excluding steroid dienone is 7. The van der Waals surface area contributed by atoms with Crippen LogP contribution in [0.3, 0.4) is 0 Å². The summed E-state index contributed by atoms with van der Waals surface area (Å²) in [4.78, 5) is 1.94. The van der Waals surface area contributed by atoms with Crippen molar-refractivity contribution in [2.45, 2.75) is 67.2 Å². The fourth-order valence-corrected chi connectivity index (χ4v) is 4.21. The highest BCUT2D eigenvalue weighted by Gasteiger charge is 2.29. The molecule has 2 rings (SSSR count). The smallest absolute Gasteiger partial charge is 0.344 e. The molecule has 2 aliphatic rings. The van der Waals surface area contributed by atoms with Crippen LogP contribution >= 0.6 is 0 Å². The first-order chi connectivity index (χ1) is 12.5. The predicted octanol–water partition coefficient (Wildman–Crippen LogP) is 5.17. The van der Waals surface area contributed by atoms with Crippen LogP contribution in [0.1, 0.15) is 67.2 Å². The molecular formula is C21H32N2O3S. The summed E-state index contributed by atoms with van der Waals surface area (Å²) >= 11 is 0. The van der Waals surface area contributed by atoms with Gasteiger partial charge in [0.05, 0.1) is 0 Å². The van der Waals surface area contributed by atoms with Crippen LogP contribution in [-0.4, -0.2) is 14.3 Å². The monoisotopic (exact) mass is 392 g/mol. The van der Waals surface area contributed by atoms with Crippen LogP contribution in [0.15, 0.2) is 51.7 Å². The molecule has 0 aromatic heterocycles. The highest BCUT2D eigenvalue weighted by Crippen LogP contribution is 2.43. The van der Waals surface area contributed by atoms with Crippen LogP contribution in [-0.2, 0) is 14.5 Å². The summed E-state index contributed by atoms with van der Waals surface area (Å²) in [5, 5.41) is 3.61. The number of rotatable bonds is 6. The molecule has 150 valence electrons. The van der Waals surface area contributed by atoms with Crippen molar-refractivity contribution in [1.82, 2.24) is 4.83 Å². The molecule has 0 aromatic rings. The van der Waals surface area contributed by atoms with Crippen molar-refractivity contribution in [2.75, 3.05) is 0 Å². The molecule has 1 aliphatic carbocycles. The molecule has 1 N–H and O–H groups in total. The number of hydrazone groups is 1. The van der Waals surface area contributed by atoms with Crippen LogP contribution in [0.25, 0.3) is 0 Å². The number of hydrogen-bond acceptors (Lipinski definition) is 4. The Kier molecular flexibility index (Phi) is 6.73. The van der Waals surface area contributed by atoms with Gasteiger partial charge in [0.1, 0.15) is 0 Å². The third-order valence-electron chi connectivity index (χ3n) is 5.51. The van der Waals surface area contributed by atoms with E-state index in [1.54, 1.807) is 17.2 Å². The predicted molar refractivity (Wildman–Crippen MR) is 111 cm³/mol. The first-order valence-corrected chi connectivity index (χ1v) is 10.9. The highest BCUT2D eigenvalue weighted by molar-refractivity contribution is 7.85. The Morgan fingerprint density at radius 2 is 2.07 bits per heavy atom. The quantitative estimate of drug-likeness (QED) is 0.501. The molecule has 0 aromatic carbocycles.